The molecule has 1 saturated heterocycles. The second kappa shape index (κ2) is 9.86. The van der Waals surface area contributed by atoms with Gasteiger partial charge in [-0.15, -0.1) is 0 Å². The molecule has 1 aliphatic rings. The zero-order chi connectivity index (χ0) is 23.7. The van der Waals surface area contributed by atoms with Crippen molar-refractivity contribution in [3.63, 3.8) is 0 Å². The Bertz CT molecular complexity index is 1350. The van der Waals surface area contributed by atoms with Gasteiger partial charge in [0.2, 0.25) is 5.91 Å². The third-order valence-corrected chi connectivity index (χ3v) is 6.99. The lowest BCUT2D eigenvalue weighted by molar-refractivity contribution is -0.121. The first-order valence-corrected chi connectivity index (χ1v) is 12.4. The fourth-order valence-electron chi connectivity index (χ4n) is 4.46. The van der Waals surface area contributed by atoms with Crippen molar-refractivity contribution in [1.82, 2.24) is 14.5 Å². The fraction of sp³-hybridized carbons (Fsp3) is 0.231. The van der Waals surface area contributed by atoms with E-state index in [1.54, 1.807) is 0 Å². The van der Waals surface area contributed by atoms with Gasteiger partial charge in [0.15, 0.2) is 0 Å². The van der Waals surface area contributed by atoms with Crippen molar-refractivity contribution < 1.29 is 9.18 Å². The standard InChI is InChI=1S/C26H23BrClFN4O/c27-18-4-3-5-20(14-18)33-24-7-2-1-6-23(24)31-25(33)16-32-12-10-17(11-13-32)26(34)30-19-8-9-22(29)21(28)15-19/h1-9,14-15,17H,10-13,16H2,(H,30,34). The molecule has 1 aliphatic heterocycles. The molecule has 0 spiro atoms. The van der Waals surface area contributed by atoms with E-state index in [2.05, 4.69) is 48.9 Å². The summed E-state index contributed by atoms with van der Waals surface area (Å²) in [6.07, 6.45) is 1.50. The van der Waals surface area contributed by atoms with E-state index in [0.29, 0.717) is 12.2 Å². The molecule has 3 aromatic carbocycles. The van der Waals surface area contributed by atoms with E-state index in [1.165, 1.54) is 18.2 Å². The van der Waals surface area contributed by atoms with Crippen LogP contribution in [0.2, 0.25) is 5.02 Å². The monoisotopic (exact) mass is 540 g/mol. The van der Waals surface area contributed by atoms with Crippen LogP contribution in [0.15, 0.2) is 71.2 Å². The van der Waals surface area contributed by atoms with Crippen molar-refractivity contribution >= 4 is 50.2 Å². The molecule has 0 unspecified atom stereocenters. The van der Waals surface area contributed by atoms with Crippen LogP contribution in [0.4, 0.5) is 10.1 Å². The summed E-state index contributed by atoms with van der Waals surface area (Å²) in [7, 11) is 0. The number of rotatable bonds is 5. The van der Waals surface area contributed by atoms with E-state index in [9.17, 15) is 9.18 Å². The highest BCUT2D eigenvalue weighted by molar-refractivity contribution is 9.10. The predicted molar refractivity (Wildman–Crippen MR) is 137 cm³/mol. The summed E-state index contributed by atoms with van der Waals surface area (Å²) in [5.41, 5.74) is 3.61. The average Bonchev–Trinajstić information content (AvgIpc) is 3.19. The second-order valence-electron chi connectivity index (χ2n) is 8.50. The largest absolute Gasteiger partial charge is 0.326 e. The molecule has 0 bridgehead atoms. The van der Waals surface area contributed by atoms with Gasteiger partial charge in [0, 0.05) is 21.8 Å². The number of aromatic nitrogens is 2. The van der Waals surface area contributed by atoms with Gasteiger partial charge in [-0.25, -0.2) is 9.37 Å². The molecular weight excluding hydrogens is 519 g/mol. The number of likely N-dealkylation sites (tertiary alicyclic amines) is 1. The van der Waals surface area contributed by atoms with Crippen LogP contribution in [-0.2, 0) is 11.3 Å². The summed E-state index contributed by atoms with van der Waals surface area (Å²) in [5, 5.41) is 2.87. The molecule has 0 aliphatic carbocycles. The minimum absolute atomic E-state index is 0.000883. The zero-order valence-electron chi connectivity index (χ0n) is 18.3. The van der Waals surface area contributed by atoms with Crippen LogP contribution >= 0.6 is 27.5 Å². The number of nitrogens with zero attached hydrogens (tertiary/aromatic N) is 3. The molecule has 5 rings (SSSR count). The molecule has 0 radical (unpaired) electrons. The van der Waals surface area contributed by atoms with Crippen molar-refractivity contribution in [3.05, 3.63) is 87.9 Å². The molecule has 1 aromatic heterocycles. The Balaban J connectivity index is 1.28. The Kier molecular flexibility index (Phi) is 6.68. The van der Waals surface area contributed by atoms with Crippen LogP contribution in [0.1, 0.15) is 18.7 Å². The molecule has 8 heteroatoms. The first-order chi connectivity index (χ1) is 16.5. The minimum atomic E-state index is -0.498. The van der Waals surface area contributed by atoms with E-state index >= 15 is 0 Å². The summed E-state index contributed by atoms with van der Waals surface area (Å²) >= 11 is 9.41. The molecule has 1 fully saturated rings. The number of nitrogens with one attached hydrogen (secondary N) is 1. The van der Waals surface area contributed by atoms with Crippen LogP contribution in [0.25, 0.3) is 16.7 Å². The number of anilines is 1. The summed E-state index contributed by atoms with van der Waals surface area (Å²) < 4.78 is 16.6. The highest BCUT2D eigenvalue weighted by Gasteiger charge is 2.26. The molecule has 34 heavy (non-hydrogen) atoms. The quantitative estimate of drug-likeness (QED) is 0.317. The highest BCUT2D eigenvalue weighted by atomic mass is 79.9. The number of hydrogen-bond acceptors (Lipinski definition) is 3. The molecular formula is C26H23BrClFN4O. The summed E-state index contributed by atoms with van der Waals surface area (Å²) in [6.45, 7) is 2.29. The number of benzene rings is 3. The Morgan fingerprint density at radius 1 is 1.09 bits per heavy atom. The number of piperidine rings is 1. The van der Waals surface area contributed by atoms with Crippen molar-refractivity contribution in [1.29, 1.82) is 0 Å². The number of carbonyl (C=O) groups is 1. The lowest BCUT2D eigenvalue weighted by Gasteiger charge is -2.31. The molecule has 5 nitrogen and oxygen atoms in total. The van der Waals surface area contributed by atoms with E-state index in [4.69, 9.17) is 16.6 Å². The van der Waals surface area contributed by atoms with Crippen LogP contribution in [-0.4, -0.2) is 33.4 Å². The molecule has 1 N–H and O–H groups in total. The van der Waals surface area contributed by atoms with Gasteiger partial charge in [-0.2, -0.15) is 0 Å². The number of halogens is 3. The molecule has 2 heterocycles. The maximum atomic E-state index is 13.4. The average molecular weight is 542 g/mol. The van der Waals surface area contributed by atoms with Crippen LogP contribution in [0, 0.1) is 11.7 Å². The maximum Gasteiger partial charge on any atom is 0.227 e. The minimum Gasteiger partial charge on any atom is -0.326 e. The topological polar surface area (TPSA) is 50.2 Å². The van der Waals surface area contributed by atoms with Gasteiger partial charge in [-0.05, 0) is 74.5 Å². The van der Waals surface area contributed by atoms with Gasteiger partial charge in [-0.3, -0.25) is 14.3 Å². The lowest BCUT2D eigenvalue weighted by atomic mass is 9.96. The maximum absolute atomic E-state index is 13.4. The molecule has 1 amide bonds. The van der Waals surface area contributed by atoms with E-state index in [-0.39, 0.29) is 16.8 Å². The van der Waals surface area contributed by atoms with E-state index in [0.717, 1.165) is 52.9 Å². The summed E-state index contributed by atoms with van der Waals surface area (Å²) in [4.78, 5) is 20.0. The Morgan fingerprint density at radius 2 is 1.88 bits per heavy atom. The van der Waals surface area contributed by atoms with Gasteiger partial charge in [0.1, 0.15) is 11.6 Å². The Morgan fingerprint density at radius 3 is 2.65 bits per heavy atom. The molecule has 0 atom stereocenters. The highest BCUT2D eigenvalue weighted by Crippen LogP contribution is 2.27. The van der Waals surface area contributed by atoms with Gasteiger partial charge in [-0.1, -0.05) is 45.7 Å². The smallest absolute Gasteiger partial charge is 0.227 e. The Labute approximate surface area is 210 Å². The predicted octanol–water partition coefficient (Wildman–Crippen LogP) is 6.43. The van der Waals surface area contributed by atoms with Crippen molar-refractivity contribution in [2.75, 3.05) is 18.4 Å². The molecule has 174 valence electrons. The second-order valence-corrected chi connectivity index (χ2v) is 9.82. The number of para-hydroxylation sites is 2. The first kappa shape index (κ1) is 23.0. The third kappa shape index (κ3) is 4.87. The molecule has 4 aromatic rings. The summed E-state index contributed by atoms with van der Waals surface area (Å²) in [5.74, 6) is 0.331. The number of imidazole rings is 1. The number of carbonyl (C=O) groups excluding carboxylic acids is 1. The van der Waals surface area contributed by atoms with Crippen molar-refractivity contribution in [2.24, 2.45) is 5.92 Å². The zero-order valence-corrected chi connectivity index (χ0v) is 20.7. The first-order valence-electron chi connectivity index (χ1n) is 11.2. The number of hydrogen-bond donors (Lipinski definition) is 1. The van der Waals surface area contributed by atoms with Crippen LogP contribution < -0.4 is 5.32 Å². The fourth-order valence-corrected chi connectivity index (χ4v) is 5.02. The van der Waals surface area contributed by atoms with Crippen LogP contribution in [0.3, 0.4) is 0 Å². The van der Waals surface area contributed by atoms with Crippen molar-refractivity contribution in [3.8, 4) is 5.69 Å². The van der Waals surface area contributed by atoms with Gasteiger partial charge in [0.05, 0.1) is 22.6 Å². The van der Waals surface area contributed by atoms with Gasteiger partial charge in [0.25, 0.3) is 0 Å². The normalized spacial score (nSPS) is 15.0. The van der Waals surface area contributed by atoms with Gasteiger partial charge >= 0.3 is 0 Å². The number of amides is 1. The summed E-state index contributed by atoms with van der Waals surface area (Å²) in [6, 6.07) is 20.6. The Hall–Kier alpha value is -2.74. The van der Waals surface area contributed by atoms with Gasteiger partial charge < -0.3 is 5.32 Å². The van der Waals surface area contributed by atoms with E-state index in [1.807, 2.05) is 30.3 Å². The van der Waals surface area contributed by atoms with E-state index < -0.39 is 5.82 Å². The number of fused-ring (bicyclic) bond motifs is 1. The van der Waals surface area contributed by atoms with Crippen LogP contribution in [0.5, 0.6) is 0 Å². The third-order valence-electron chi connectivity index (χ3n) is 6.21. The lowest BCUT2D eigenvalue weighted by Crippen LogP contribution is -2.38. The molecule has 0 saturated carbocycles. The SMILES string of the molecule is O=C(Nc1ccc(F)c(Cl)c1)C1CCN(Cc2nc3ccccc3n2-c2cccc(Br)c2)CC1. The van der Waals surface area contributed by atoms with Crippen molar-refractivity contribution in [2.45, 2.75) is 19.4 Å².